The molecule has 0 amide bonds. The van der Waals surface area contributed by atoms with Crippen molar-refractivity contribution < 1.29 is 33.3 Å². The summed E-state index contributed by atoms with van der Waals surface area (Å²) in [4.78, 5) is 29.4. The molecule has 0 radical (unpaired) electrons. The van der Waals surface area contributed by atoms with Gasteiger partial charge in [-0.15, -0.1) is 0 Å². The third-order valence-electron chi connectivity index (χ3n) is 4.96. The van der Waals surface area contributed by atoms with E-state index in [1.807, 2.05) is 6.07 Å². The fourth-order valence-electron chi connectivity index (χ4n) is 3.31. The summed E-state index contributed by atoms with van der Waals surface area (Å²) in [6.45, 7) is 0. The molecule has 34 heavy (non-hydrogen) atoms. The molecular formula is C26H21NO7. The average molecular weight is 459 g/mol. The molecule has 0 saturated heterocycles. The third-order valence-corrected chi connectivity index (χ3v) is 4.96. The summed E-state index contributed by atoms with van der Waals surface area (Å²) in [5.74, 6) is 0.401. The first-order valence-electron chi connectivity index (χ1n) is 10.2. The van der Waals surface area contributed by atoms with Gasteiger partial charge < -0.3 is 23.7 Å². The minimum absolute atomic E-state index is 0.0481. The Labute approximate surface area is 196 Å². The number of hydrogen-bond acceptors (Lipinski definition) is 8. The molecule has 3 aromatic rings. The second-order valence-electron chi connectivity index (χ2n) is 7.04. The van der Waals surface area contributed by atoms with Gasteiger partial charge in [0.1, 0.15) is 5.75 Å². The maximum Gasteiger partial charge on any atom is 0.363 e. The number of para-hydroxylation sites is 1. The lowest BCUT2D eigenvalue weighted by atomic mass is 10.1. The van der Waals surface area contributed by atoms with Crippen LogP contribution in [0.15, 0.2) is 77.4 Å². The Kier molecular flexibility index (Phi) is 6.59. The first-order chi connectivity index (χ1) is 16.5. The van der Waals surface area contributed by atoms with Crippen molar-refractivity contribution in [3.63, 3.8) is 0 Å². The monoisotopic (exact) mass is 459 g/mol. The fraction of sp³-hybridized carbons (Fsp3) is 0.115. The fourth-order valence-corrected chi connectivity index (χ4v) is 3.31. The lowest BCUT2D eigenvalue weighted by molar-refractivity contribution is -0.129. The van der Waals surface area contributed by atoms with Crippen molar-refractivity contribution in [3.8, 4) is 23.0 Å². The summed E-state index contributed by atoms with van der Waals surface area (Å²) in [6.07, 6.45) is 1.50. The van der Waals surface area contributed by atoms with Crippen molar-refractivity contribution in [2.45, 2.75) is 0 Å². The van der Waals surface area contributed by atoms with Crippen molar-refractivity contribution >= 4 is 23.9 Å². The van der Waals surface area contributed by atoms with Gasteiger partial charge in [0.15, 0.2) is 17.2 Å². The first kappa shape index (κ1) is 22.6. The number of ether oxygens (including phenoxy) is 5. The zero-order valence-corrected chi connectivity index (χ0v) is 18.7. The molecule has 0 N–H and O–H groups in total. The molecule has 0 unspecified atom stereocenters. The van der Waals surface area contributed by atoms with Gasteiger partial charge in [0.05, 0.1) is 26.9 Å². The first-order valence-corrected chi connectivity index (χ1v) is 10.2. The molecule has 1 aliphatic rings. The topological polar surface area (TPSA) is 92.7 Å². The number of benzene rings is 3. The van der Waals surface area contributed by atoms with E-state index in [1.54, 1.807) is 60.7 Å². The van der Waals surface area contributed by atoms with Crippen molar-refractivity contribution in [2.24, 2.45) is 4.99 Å². The Hall–Kier alpha value is -4.59. The summed E-state index contributed by atoms with van der Waals surface area (Å²) in [7, 11) is 4.47. The number of carbonyl (C=O) groups is 2. The normalized spacial score (nSPS) is 13.8. The van der Waals surface area contributed by atoms with Gasteiger partial charge in [-0.2, -0.15) is 0 Å². The molecule has 0 aliphatic carbocycles. The van der Waals surface area contributed by atoms with E-state index in [1.165, 1.54) is 27.4 Å². The third kappa shape index (κ3) is 4.61. The van der Waals surface area contributed by atoms with Crippen molar-refractivity contribution in [1.82, 2.24) is 0 Å². The SMILES string of the molecule is COc1cc(C2=N/C(=C/c3ccccc3OC(=O)c3ccccc3)C(=O)O2)cc(OC)c1OC. The van der Waals surface area contributed by atoms with E-state index >= 15 is 0 Å². The van der Waals surface area contributed by atoms with Crippen molar-refractivity contribution in [1.29, 1.82) is 0 Å². The number of nitrogens with zero attached hydrogens (tertiary/aromatic N) is 1. The lowest BCUT2D eigenvalue weighted by Crippen LogP contribution is -2.09. The summed E-state index contributed by atoms with van der Waals surface area (Å²) >= 11 is 0. The van der Waals surface area contributed by atoms with Gasteiger partial charge in [-0.3, -0.25) is 0 Å². The summed E-state index contributed by atoms with van der Waals surface area (Å²) < 4.78 is 27.0. The minimum Gasteiger partial charge on any atom is -0.493 e. The van der Waals surface area contributed by atoms with E-state index in [0.717, 1.165) is 0 Å². The van der Waals surface area contributed by atoms with Crippen LogP contribution in [-0.2, 0) is 9.53 Å². The van der Waals surface area contributed by atoms with Gasteiger partial charge in [-0.05, 0) is 36.4 Å². The molecule has 4 rings (SSSR count). The molecule has 3 aromatic carbocycles. The van der Waals surface area contributed by atoms with Crippen molar-refractivity contribution in [3.05, 3.63) is 89.1 Å². The Morgan fingerprint density at radius 2 is 1.50 bits per heavy atom. The molecule has 8 nitrogen and oxygen atoms in total. The maximum absolute atomic E-state index is 12.5. The predicted molar refractivity (Wildman–Crippen MR) is 125 cm³/mol. The summed E-state index contributed by atoms with van der Waals surface area (Å²) in [6, 6.07) is 18.7. The van der Waals surface area contributed by atoms with Gasteiger partial charge in [0.25, 0.3) is 0 Å². The second kappa shape index (κ2) is 9.91. The molecular weight excluding hydrogens is 438 g/mol. The van der Waals surface area contributed by atoms with Crippen LogP contribution in [0.3, 0.4) is 0 Å². The zero-order valence-electron chi connectivity index (χ0n) is 18.7. The Balaban J connectivity index is 1.66. The van der Waals surface area contributed by atoms with Crippen molar-refractivity contribution in [2.75, 3.05) is 21.3 Å². The Morgan fingerprint density at radius 1 is 0.853 bits per heavy atom. The molecule has 0 fully saturated rings. The minimum atomic E-state index is -0.645. The summed E-state index contributed by atoms with van der Waals surface area (Å²) in [5, 5.41) is 0. The van der Waals surface area contributed by atoms with Crippen LogP contribution in [0.1, 0.15) is 21.5 Å². The highest BCUT2D eigenvalue weighted by atomic mass is 16.6. The van der Waals surface area contributed by atoms with Crippen LogP contribution in [0.25, 0.3) is 6.08 Å². The zero-order chi connectivity index (χ0) is 24.1. The van der Waals surface area contributed by atoms with E-state index in [0.29, 0.717) is 33.9 Å². The van der Waals surface area contributed by atoms with Gasteiger partial charge >= 0.3 is 11.9 Å². The molecule has 0 aromatic heterocycles. The van der Waals surface area contributed by atoms with E-state index in [4.69, 9.17) is 23.7 Å². The molecule has 172 valence electrons. The van der Waals surface area contributed by atoms with Gasteiger partial charge in [0.2, 0.25) is 11.6 Å². The number of rotatable bonds is 7. The smallest absolute Gasteiger partial charge is 0.363 e. The quantitative estimate of drug-likeness (QED) is 0.296. The molecule has 1 heterocycles. The van der Waals surface area contributed by atoms with Gasteiger partial charge in [-0.1, -0.05) is 36.4 Å². The van der Waals surface area contributed by atoms with Crippen LogP contribution in [-0.4, -0.2) is 39.2 Å². The predicted octanol–water partition coefficient (Wildman–Crippen LogP) is 4.28. The highest BCUT2D eigenvalue weighted by molar-refractivity contribution is 6.13. The maximum atomic E-state index is 12.5. The highest BCUT2D eigenvalue weighted by Gasteiger charge is 2.27. The van der Waals surface area contributed by atoms with E-state index in [-0.39, 0.29) is 17.3 Å². The largest absolute Gasteiger partial charge is 0.493 e. The highest BCUT2D eigenvalue weighted by Crippen LogP contribution is 2.39. The summed E-state index contributed by atoms with van der Waals surface area (Å²) in [5.41, 5.74) is 1.42. The standard InChI is InChI=1S/C26H21NO7/c1-30-21-14-18(15-22(31-2)23(21)32-3)24-27-19(26(29)34-24)13-17-11-7-8-12-20(17)33-25(28)16-9-5-4-6-10-16/h4-15H,1-3H3/b19-13+. The number of cyclic esters (lactones) is 1. The molecule has 0 saturated carbocycles. The van der Waals surface area contributed by atoms with Crippen LogP contribution in [0.2, 0.25) is 0 Å². The van der Waals surface area contributed by atoms with Crippen LogP contribution in [0.4, 0.5) is 0 Å². The average Bonchev–Trinajstić information content (AvgIpc) is 3.24. The molecule has 0 atom stereocenters. The lowest BCUT2D eigenvalue weighted by Gasteiger charge is -2.13. The molecule has 8 heteroatoms. The number of hydrogen-bond donors (Lipinski definition) is 0. The van der Waals surface area contributed by atoms with E-state index in [2.05, 4.69) is 4.99 Å². The molecule has 1 aliphatic heterocycles. The van der Waals surface area contributed by atoms with Gasteiger partial charge in [-0.25, -0.2) is 14.6 Å². The van der Waals surface area contributed by atoms with Crippen LogP contribution >= 0.6 is 0 Å². The van der Waals surface area contributed by atoms with Crippen LogP contribution < -0.4 is 18.9 Å². The second-order valence-corrected chi connectivity index (χ2v) is 7.04. The van der Waals surface area contributed by atoms with Crippen LogP contribution in [0, 0.1) is 0 Å². The Bertz CT molecular complexity index is 1270. The number of methoxy groups -OCH3 is 3. The number of carbonyl (C=O) groups excluding carboxylic acids is 2. The van der Waals surface area contributed by atoms with Gasteiger partial charge in [0, 0.05) is 11.1 Å². The molecule has 0 bridgehead atoms. The van der Waals surface area contributed by atoms with Crippen LogP contribution in [0.5, 0.6) is 23.0 Å². The Morgan fingerprint density at radius 3 is 2.15 bits per heavy atom. The number of aliphatic imine (C=N–C) groups is 1. The van der Waals surface area contributed by atoms with E-state index in [9.17, 15) is 9.59 Å². The number of esters is 2. The molecule has 0 spiro atoms. The van der Waals surface area contributed by atoms with E-state index < -0.39 is 11.9 Å².